The first kappa shape index (κ1) is 10.9. The second-order valence-corrected chi connectivity index (χ2v) is 4.05. The van der Waals surface area contributed by atoms with Crippen LogP contribution in [0.4, 0.5) is 10.1 Å². The standard InChI is InChI=1S/C11H13FN2O2/c1-14-5-8(10(13)11(15)16)7-4-6(12)2-3-9(7)14/h2-4,8,10H,5,13H2,1H3,(H,15,16). The number of hydrogen-bond acceptors (Lipinski definition) is 3. The van der Waals surface area contributed by atoms with Crippen LogP contribution in [0.1, 0.15) is 11.5 Å². The SMILES string of the molecule is CN1CC(C(N)C(=O)O)c2cc(F)ccc21. The van der Waals surface area contributed by atoms with Crippen LogP contribution in [0.3, 0.4) is 0 Å². The van der Waals surface area contributed by atoms with Crippen LogP contribution in [-0.4, -0.2) is 30.7 Å². The lowest BCUT2D eigenvalue weighted by Crippen LogP contribution is -2.38. The number of aliphatic carboxylic acids is 1. The van der Waals surface area contributed by atoms with Gasteiger partial charge in [0.05, 0.1) is 0 Å². The molecule has 1 aromatic rings. The highest BCUT2D eigenvalue weighted by atomic mass is 19.1. The zero-order valence-electron chi connectivity index (χ0n) is 8.85. The summed E-state index contributed by atoms with van der Waals surface area (Å²) in [7, 11) is 1.84. The Hall–Kier alpha value is -1.62. The van der Waals surface area contributed by atoms with Crippen molar-refractivity contribution >= 4 is 11.7 Å². The Labute approximate surface area is 92.5 Å². The topological polar surface area (TPSA) is 66.6 Å². The van der Waals surface area contributed by atoms with E-state index in [9.17, 15) is 9.18 Å². The summed E-state index contributed by atoms with van der Waals surface area (Å²) < 4.78 is 13.1. The number of carboxylic acid groups (broad SMARTS) is 1. The molecule has 0 spiro atoms. The number of likely N-dealkylation sites (N-methyl/N-ethyl adjacent to an activating group) is 1. The van der Waals surface area contributed by atoms with Crippen molar-refractivity contribution in [2.24, 2.45) is 5.73 Å². The Morgan fingerprint density at radius 2 is 2.38 bits per heavy atom. The molecule has 0 radical (unpaired) electrons. The summed E-state index contributed by atoms with van der Waals surface area (Å²) >= 11 is 0. The van der Waals surface area contributed by atoms with Crippen LogP contribution >= 0.6 is 0 Å². The third kappa shape index (κ3) is 1.63. The van der Waals surface area contributed by atoms with E-state index in [0.29, 0.717) is 12.1 Å². The van der Waals surface area contributed by atoms with Gasteiger partial charge in [-0.15, -0.1) is 0 Å². The number of nitrogens with two attached hydrogens (primary N) is 1. The fraction of sp³-hybridized carbons (Fsp3) is 0.364. The van der Waals surface area contributed by atoms with E-state index >= 15 is 0 Å². The average molecular weight is 224 g/mol. The maximum absolute atomic E-state index is 13.1. The molecule has 4 nitrogen and oxygen atoms in total. The number of carbonyl (C=O) groups is 1. The first-order valence-corrected chi connectivity index (χ1v) is 4.99. The van der Waals surface area contributed by atoms with E-state index in [4.69, 9.17) is 10.8 Å². The molecule has 16 heavy (non-hydrogen) atoms. The van der Waals surface area contributed by atoms with Gasteiger partial charge < -0.3 is 15.7 Å². The van der Waals surface area contributed by atoms with Crippen LogP contribution in [0, 0.1) is 5.82 Å². The molecule has 0 saturated heterocycles. The molecule has 0 fully saturated rings. The molecule has 0 bridgehead atoms. The molecule has 1 aliphatic heterocycles. The van der Waals surface area contributed by atoms with Gasteiger partial charge in [-0.3, -0.25) is 4.79 Å². The van der Waals surface area contributed by atoms with Crippen LogP contribution in [0.25, 0.3) is 0 Å². The van der Waals surface area contributed by atoms with Crippen LogP contribution in [0.5, 0.6) is 0 Å². The van der Waals surface area contributed by atoms with E-state index in [0.717, 1.165) is 5.69 Å². The lowest BCUT2D eigenvalue weighted by Gasteiger charge is -2.16. The second kappa shape index (κ2) is 3.75. The van der Waals surface area contributed by atoms with Crippen molar-refractivity contribution in [2.45, 2.75) is 12.0 Å². The average Bonchev–Trinajstić information content (AvgIpc) is 2.54. The smallest absolute Gasteiger partial charge is 0.321 e. The molecular formula is C11H13FN2O2. The number of rotatable bonds is 2. The third-order valence-corrected chi connectivity index (χ3v) is 2.99. The fourth-order valence-electron chi connectivity index (χ4n) is 2.14. The molecule has 86 valence electrons. The predicted octanol–water partition coefficient (Wildman–Crippen LogP) is 0.771. The number of carboxylic acids is 1. The van der Waals surface area contributed by atoms with Crippen molar-refractivity contribution < 1.29 is 14.3 Å². The minimum absolute atomic E-state index is 0.354. The van der Waals surface area contributed by atoms with Gasteiger partial charge in [0.2, 0.25) is 0 Å². The summed E-state index contributed by atoms with van der Waals surface area (Å²) in [6, 6.07) is 3.39. The van der Waals surface area contributed by atoms with Crippen LogP contribution < -0.4 is 10.6 Å². The Morgan fingerprint density at radius 1 is 1.69 bits per heavy atom. The quantitative estimate of drug-likeness (QED) is 0.778. The highest BCUT2D eigenvalue weighted by Gasteiger charge is 2.34. The molecular weight excluding hydrogens is 211 g/mol. The molecule has 2 rings (SSSR count). The van der Waals surface area contributed by atoms with E-state index in [2.05, 4.69) is 0 Å². The molecule has 0 amide bonds. The Bertz CT molecular complexity index is 436. The summed E-state index contributed by atoms with van der Waals surface area (Å²) in [6.45, 7) is 0.506. The molecule has 5 heteroatoms. The van der Waals surface area contributed by atoms with Gasteiger partial charge in [-0.25, -0.2) is 4.39 Å². The third-order valence-electron chi connectivity index (χ3n) is 2.99. The van der Waals surface area contributed by atoms with E-state index < -0.39 is 12.0 Å². The Balaban J connectivity index is 2.41. The lowest BCUT2D eigenvalue weighted by atomic mass is 9.94. The molecule has 1 aromatic carbocycles. The van der Waals surface area contributed by atoms with Gasteiger partial charge in [-0.1, -0.05) is 0 Å². The number of anilines is 1. The summed E-state index contributed by atoms with van der Waals surface area (Å²) in [6.07, 6.45) is 0. The normalized spacial score (nSPS) is 20.7. The van der Waals surface area contributed by atoms with Crippen LogP contribution in [-0.2, 0) is 4.79 Å². The zero-order valence-corrected chi connectivity index (χ0v) is 8.85. The first-order chi connectivity index (χ1) is 7.50. The van der Waals surface area contributed by atoms with Gasteiger partial charge in [-0.05, 0) is 23.8 Å². The van der Waals surface area contributed by atoms with E-state index in [1.807, 2.05) is 11.9 Å². The first-order valence-electron chi connectivity index (χ1n) is 4.99. The number of fused-ring (bicyclic) bond motifs is 1. The number of hydrogen-bond donors (Lipinski definition) is 2. The minimum Gasteiger partial charge on any atom is -0.480 e. The van der Waals surface area contributed by atoms with Gasteiger partial charge in [0, 0.05) is 25.2 Å². The van der Waals surface area contributed by atoms with E-state index in [1.54, 1.807) is 6.07 Å². The van der Waals surface area contributed by atoms with Gasteiger partial charge in [0.25, 0.3) is 0 Å². The monoisotopic (exact) mass is 224 g/mol. The summed E-state index contributed by atoms with van der Waals surface area (Å²) in [4.78, 5) is 12.7. The summed E-state index contributed by atoms with van der Waals surface area (Å²) in [5.74, 6) is -1.78. The van der Waals surface area contributed by atoms with Crippen LogP contribution in [0.2, 0.25) is 0 Å². The predicted molar refractivity (Wildman–Crippen MR) is 58.0 cm³/mol. The summed E-state index contributed by atoms with van der Waals surface area (Å²) in [5.41, 5.74) is 7.13. The fourth-order valence-corrected chi connectivity index (χ4v) is 2.14. The summed E-state index contributed by atoms with van der Waals surface area (Å²) in [5, 5.41) is 8.89. The van der Waals surface area contributed by atoms with Crippen LogP contribution in [0.15, 0.2) is 18.2 Å². The van der Waals surface area contributed by atoms with Gasteiger partial charge >= 0.3 is 5.97 Å². The second-order valence-electron chi connectivity index (χ2n) is 4.05. The number of nitrogens with zero attached hydrogens (tertiary/aromatic N) is 1. The highest BCUT2D eigenvalue weighted by molar-refractivity contribution is 5.77. The van der Waals surface area contributed by atoms with Crippen molar-refractivity contribution in [3.8, 4) is 0 Å². The maximum Gasteiger partial charge on any atom is 0.321 e. The molecule has 1 heterocycles. The number of halogens is 1. The highest BCUT2D eigenvalue weighted by Crippen LogP contribution is 2.37. The molecule has 0 saturated carbocycles. The van der Waals surface area contributed by atoms with Crippen molar-refractivity contribution in [2.75, 3.05) is 18.5 Å². The molecule has 0 aliphatic carbocycles. The molecule has 2 unspecified atom stereocenters. The van der Waals surface area contributed by atoms with Gasteiger partial charge in [0.15, 0.2) is 0 Å². The van der Waals surface area contributed by atoms with Crippen molar-refractivity contribution in [3.05, 3.63) is 29.6 Å². The number of benzene rings is 1. The van der Waals surface area contributed by atoms with Crippen molar-refractivity contribution in [1.29, 1.82) is 0 Å². The lowest BCUT2D eigenvalue weighted by molar-refractivity contribution is -0.139. The minimum atomic E-state index is -1.06. The molecule has 2 atom stereocenters. The zero-order chi connectivity index (χ0) is 11.9. The van der Waals surface area contributed by atoms with Crippen molar-refractivity contribution in [1.82, 2.24) is 0 Å². The molecule has 3 N–H and O–H groups in total. The maximum atomic E-state index is 13.1. The molecule has 0 aromatic heterocycles. The largest absolute Gasteiger partial charge is 0.480 e. The van der Waals surface area contributed by atoms with E-state index in [1.165, 1.54) is 12.1 Å². The van der Waals surface area contributed by atoms with Gasteiger partial charge in [-0.2, -0.15) is 0 Å². The van der Waals surface area contributed by atoms with E-state index in [-0.39, 0.29) is 11.7 Å². The van der Waals surface area contributed by atoms with Gasteiger partial charge in [0.1, 0.15) is 11.9 Å². The Kier molecular flexibility index (Phi) is 2.55. The van der Waals surface area contributed by atoms with Crippen molar-refractivity contribution in [3.63, 3.8) is 0 Å². The Morgan fingerprint density at radius 3 is 3.00 bits per heavy atom. The molecule has 1 aliphatic rings.